The van der Waals surface area contributed by atoms with E-state index in [1.54, 1.807) is 12.1 Å². The summed E-state index contributed by atoms with van der Waals surface area (Å²) in [6, 6.07) is 4.78. The molecular weight excluding hydrogens is 205 g/mol. The Morgan fingerprint density at radius 3 is 2.71 bits per heavy atom. The largest absolute Gasteiger partial charge is 0.304 e. The minimum atomic E-state index is -0.389. The zero-order chi connectivity index (χ0) is 10.2. The molecule has 1 aliphatic carbocycles. The zero-order valence-corrected chi connectivity index (χ0v) is 8.35. The number of hydrogen-bond donors (Lipinski definition) is 1. The van der Waals surface area contributed by atoms with Crippen molar-refractivity contribution in [2.45, 2.75) is 18.3 Å². The lowest BCUT2D eigenvalue weighted by molar-refractivity contribution is 0.116. The summed E-state index contributed by atoms with van der Waals surface area (Å²) >= 11 is 5.70. The van der Waals surface area contributed by atoms with Crippen molar-refractivity contribution in [3.8, 4) is 0 Å². The van der Waals surface area contributed by atoms with Gasteiger partial charge in [-0.15, -0.1) is 0 Å². The SMILES string of the molecule is NOCC1(c2ccc(F)c(Cl)c2)CC1. The smallest absolute Gasteiger partial charge is 0.141 e. The molecule has 0 amide bonds. The van der Waals surface area contributed by atoms with Gasteiger partial charge in [0, 0.05) is 5.41 Å². The van der Waals surface area contributed by atoms with Crippen molar-refractivity contribution < 1.29 is 9.23 Å². The van der Waals surface area contributed by atoms with Crippen LogP contribution in [0.4, 0.5) is 4.39 Å². The maximum Gasteiger partial charge on any atom is 0.141 e. The molecule has 0 atom stereocenters. The van der Waals surface area contributed by atoms with Crippen LogP contribution in [0.1, 0.15) is 18.4 Å². The Bertz CT molecular complexity index is 352. The number of benzene rings is 1. The first-order chi connectivity index (χ1) is 6.68. The number of rotatable bonds is 3. The van der Waals surface area contributed by atoms with E-state index in [9.17, 15) is 4.39 Å². The Morgan fingerprint density at radius 2 is 2.21 bits per heavy atom. The van der Waals surface area contributed by atoms with Crippen LogP contribution in [0.2, 0.25) is 5.02 Å². The number of nitrogens with two attached hydrogens (primary N) is 1. The highest BCUT2D eigenvalue weighted by atomic mass is 35.5. The molecule has 1 aromatic rings. The third kappa shape index (κ3) is 1.63. The van der Waals surface area contributed by atoms with E-state index in [1.165, 1.54) is 6.07 Å². The fourth-order valence-corrected chi connectivity index (χ4v) is 1.83. The monoisotopic (exact) mass is 215 g/mol. The van der Waals surface area contributed by atoms with Gasteiger partial charge in [-0.1, -0.05) is 17.7 Å². The van der Waals surface area contributed by atoms with Crippen LogP contribution in [0, 0.1) is 5.82 Å². The van der Waals surface area contributed by atoms with Crippen LogP contribution in [0.5, 0.6) is 0 Å². The summed E-state index contributed by atoms with van der Waals surface area (Å²) in [7, 11) is 0. The molecule has 0 spiro atoms. The molecule has 2 N–H and O–H groups in total. The first-order valence-corrected chi connectivity index (χ1v) is 4.83. The van der Waals surface area contributed by atoms with Crippen LogP contribution in [0.3, 0.4) is 0 Å². The van der Waals surface area contributed by atoms with Gasteiger partial charge in [-0.3, -0.25) is 0 Å². The summed E-state index contributed by atoms with van der Waals surface area (Å²) in [5.74, 6) is 4.66. The second-order valence-electron chi connectivity index (χ2n) is 3.72. The fraction of sp³-hybridized carbons (Fsp3) is 0.400. The minimum absolute atomic E-state index is 0.0217. The molecule has 0 saturated heterocycles. The molecular formula is C10H11ClFNO. The van der Waals surface area contributed by atoms with Crippen molar-refractivity contribution in [1.29, 1.82) is 0 Å². The summed E-state index contributed by atoms with van der Waals surface area (Å²) in [4.78, 5) is 4.66. The lowest BCUT2D eigenvalue weighted by atomic mass is 9.97. The highest BCUT2D eigenvalue weighted by molar-refractivity contribution is 6.30. The van der Waals surface area contributed by atoms with Gasteiger partial charge >= 0.3 is 0 Å². The van der Waals surface area contributed by atoms with Gasteiger partial charge < -0.3 is 4.84 Å². The van der Waals surface area contributed by atoms with Crippen molar-refractivity contribution >= 4 is 11.6 Å². The van der Waals surface area contributed by atoms with Gasteiger partial charge in [0.2, 0.25) is 0 Å². The van der Waals surface area contributed by atoms with E-state index in [0.29, 0.717) is 6.61 Å². The molecule has 0 heterocycles. The van der Waals surface area contributed by atoms with Gasteiger partial charge in [-0.05, 0) is 30.5 Å². The second kappa shape index (κ2) is 3.50. The molecule has 0 aromatic heterocycles. The summed E-state index contributed by atoms with van der Waals surface area (Å²) in [5, 5.41) is 0.158. The normalized spacial score (nSPS) is 18.2. The predicted octanol–water partition coefficient (Wildman–Crippen LogP) is 2.40. The van der Waals surface area contributed by atoms with Crippen LogP contribution in [0.15, 0.2) is 18.2 Å². The Balaban J connectivity index is 2.28. The lowest BCUT2D eigenvalue weighted by Gasteiger charge is -2.14. The Morgan fingerprint density at radius 1 is 1.50 bits per heavy atom. The highest BCUT2D eigenvalue weighted by Gasteiger charge is 2.44. The standard InChI is InChI=1S/C10H11ClFNO/c11-8-5-7(1-2-9(8)12)10(3-4-10)6-14-13/h1-2,5H,3-4,6,13H2. The molecule has 1 fully saturated rings. The first-order valence-electron chi connectivity index (χ1n) is 4.45. The van der Waals surface area contributed by atoms with E-state index in [2.05, 4.69) is 4.84 Å². The van der Waals surface area contributed by atoms with E-state index in [-0.39, 0.29) is 16.3 Å². The average molecular weight is 216 g/mol. The van der Waals surface area contributed by atoms with Gasteiger partial charge in [0.15, 0.2) is 0 Å². The maximum absolute atomic E-state index is 12.9. The zero-order valence-electron chi connectivity index (χ0n) is 7.59. The molecule has 1 aliphatic rings. The minimum Gasteiger partial charge on any atom is -0.304 e. The molecule has 1 aromatic carbocycles. The van der Waals surface area contributed by atoms with Gasteiger partial charge in [-0.2, -0.15) is 0 Å². The average Bonchev–Trinajstić information content (AvgIpc) is 2.91. The van der Waals surface area contributed by atoms with Crippen molar-refractivity contribution in [2.24, 2.45) is 5.90 Å². The predicted molar refractivity (Wildman–Crippen MR) is 52.5 cm³/mol. The van der Waals surface area contributed by atoms with Crippen LogP contribution in [-0.4, -0.2) is 6.61 Å². The Labute approximate surface area is 86.8 Å². The molecule has 0 unspecified atom stereocenters. The topological polar surface area (TPSA) is 35.2 Å². The van der Waals surface area contributed by atoms with E-state index in [4.69, 9.17) is 17.5 Å². The molecule has 76 valence electrons. The molecule has 1 saturated carbocycles. The number of halogens is 2. The van der Waals surface area contributed by atoms with Crippen molar-refractivity contribution in [3.05, 3.63) is 34.6 Å². The number of hydrogen-bond acceptors (Lipinski definition) is 2. The molecule has 4 heteroatoms. The summed E-state index contributed by atoms with van der Waals surface area (Å²) in [6.07, 6.45) is 2.04. The molecule has 0 bridgehead atoms. The van der Waals surface area contributed by atoms with E-state index in [0.717, 1.165) is 18.4 Å². The second-order valence-corrected chi connectivity index (χ2v) is 4.13. The molecule has 0 radical (unpaired) electrons. The Kier molecular flexibility index (Phi) is 2.47. The molecule has 0 aliphatic heterocycles. The van der Waals surface area contributed by atoms with Gasteiger partial charge in [-0.25, -0.2) is 10.3 Å². The Hall–Kier alpha value is -0.640. The third-order valence-corrected chi connectivity index (χ3v) is 3.03. The summed E-state index contributed by atoms with van der Waals surface area (Å²) in [6.45, 7) is 0.467. The fourth-order valence-electron chi connectivity index (χ4n) is 1.65. The van der Waals surface area contributed by atoms with Crippen molar-refractivity contribution in [1.82, 2.24) is 0 Å². The first kappa shape index (κ1) is 9.90. The van der Waals surface area contributed by atoms with Crippen molar-refractivity contribution in [2.75, 3.05) is 6.61 Å². The molecule has 2 rings (SSSR count). The summed E-state index contributed by atoms with van der Waals surface area (Å²) in [5.41, 5.74) is 0.987. The van der Waals surface area contributed by atoms with Crippen LogP contribution in [0.25, 0.3) is 0 Å². The summed E-state index contributed by atoms with van der Waals surface area (Å²) < 4.78 is 12.9. The third-order valence-electron chi connectivity index (χ3n) is 2.75. The van der Waals surface area contributed by atoms with Crippen LogP contribution in [-0.2, 0) is 10.3 Å². The quantitative estimate of drug-likeness (QED) is 0.786. The maximum atomic E-state index is 12.9. The van der Waals surface area contributed by atoms with Crippen LogP contribution < -0.4 is 5.90 Å². The lowest BCUT2D eigenvalue weighted by Crippen LogP contribution is -2.18. The highest BCUT2D eigenvalue weighted by Crippen LogP contribution is 2.48. The van der Waals surface area contributed by atoms with E-state index >= 15 is 0 Å². The van der Waals surface area contributed by atoms with Crippen LogP contribution >= 0.6 is 11.6 Å². The van der Waals surface area contributed by atoms with Crippen molar-refractivity contribution in [3.63, 3.8) is 0 Å². The van der Waals surface area contributed by atoms with Gasteiger partial charge in [0.05, 0.1) is 11.6 Å². The molecule has 14 heavy (non-hydrogen) atoms. The van der Waals surface area contributed by atoms with E-state index < -0.39 is 0 Å². The molecule has 2 nitrogen and oxygen atoms in total. The van der Waals surface area contributed by atoms with Gasteiger partial charge in [0.25, 0.3) is 0 Å². The van der Waals surface area contributed by atoms with E-state index in [1.807, 2.05) is 0 Å². The van der Waals surface area contributed by atoms with Gasteiger partial charge in [0.1, 0.15) is 5.82 Å².